The number of carbonyl (C=O) groups is 1. The number of benzene rings is 1. The van der Waals surface area contributed by atoms with E-state index in [0.29, 0.717) is 37.7 Å². The Hall–Kier alpha value is -1.35. The van der Waals surface area contributed by atoms with Gasteiger partial charge in [-0.25, -0.2) is 0 Å². The minimum absolute atomic E-state index is 0. The van der Waals surface area contributed by atoms with Gasteiger partial charge in [0.25, 0.3) is 5.91 Å². The summed E-state index contributed by atoms with van der Waals surface area (Å²) in [5.41, 5.74) is 1.70. The van der Waals surface area contributed by atoms with Crippen LogP contribution in [0.25, 0.3) is 0 Å². The summed E-state index contributed by atoms with van der Waals surface area (Å²) in [4.78, 5) is 16.1. The second kappa shape index (κ2) is 14.8. The van der Waals surface area contributed by atoms with Crippen molar-refractivity contribution >= 4 is 35.8 Å². The minimum atomic E-state index is -0.0506. The van der Waals surface area contributed by atoms with Crippen molar-refractivity contribution in [1.29, 1.82) is 0 Å². The van der Waals surface area contributed by atoms with Gasteiger partial charge in [-0.15, -0.1) is 24.0 Å². The first kappa shape index (κ1) is 24.7. The minimum Gasteiger partial charge on any atom is -0.380 e. The Labute approximate surface area is 174 Å². The number of rotatable bonds is 10. The van der Waals surface area contributed by atoms with Crippen molar-refractivity contribution in [2.45, 2.75) is 33.7 Å². The molecule has 6 nitrogen and oxygen atoms in total. The van der Waals surface area contributed by atoms with E-state index in [1.165, 1.54) is 0 Å². The molecule has 0 aliphatic carbocycles. The molecule has 0 saturated carbocycles. The van der Waals surface area contributed by atoms with Gasteiger partial charge in [0, 0.05) is 38.9 Å². The topological polar surface area (TPSA) is 74.8 Å². The molecule has 0 bridgehead atoms. The molecule has 0 aromatic heterocycles. The summed E-state index contributed by atoms with van der Waals surface area (Å²) in [5, 5.41) is 9.27. The van der Waals surface area contributed by atoms with Crippen LogP contribution in [-0.2, 0) is 11.3 Å². The van der Waals surface area contributed by atoms with Crippen LogP contribution in [0.3, 0.4) is 0 Å². The van der Waals surface area contributed by atoms with Gasteiger partial charge in [0.2, 0.25) is 0 Å². The van der Waals surface area contributed by atoms with Crippen molar-refractivity contribution in [3.05, 3.63) is 35.4 Å². The molecule has 3 N–H and O–H groups in total. The van der Waals surface area contributed by atoms with Gasteiger partial charge in [-0.1, -0.05) is 26.0 Å². The molecule has 1 aromatic carbocycles. The average molecular weight is 476 g/mol. The van der Waals surface area contributed by atoms with Gasteiger partial charge in [0.05, 0.1) is 6.61 Å². The third kappa shape index (κ3) is 10.6. The smallest absolute Gasteiger partial charge is 0.251 e. The van der Waals surface area contributed by atoms with Gasteiger partial charge in [-0.2, -0.15) is 0 Å². The predicted octanol–water partition coefficient (Wildman–Crippen LogP) is 2.78. The van der Waals surface area contributed by atoms with Gasteiger partial charge < -0.3 is 20.7 Å². The van der Waals surface area contributed by atoms with Crippen molar-refractivity contribution in [3.8, 4) is 0 Å². The van der Waals surface area contributed by atoms with Crippen molar-refractivity contribution in [3.63, 3.8) is 0 Å². The molecule has 26 heavy (non-hydrogen) atoms. The second-order valence-electron chi connectivity index (χ2n) is 6.21. The Morgan fingerprint density at radius 2 is 1.96 bits per heavy atom. The Kier molecular flexibility index (Phi) is 14.0. The number of hydrogen-bond acceptors (Lipinski definition) is 3. The SMILES string of the molecule is CCNC(=O)c1cccc(CNC(=NC)NCCOCCC(C)C)c1.I. The zero-order valence-corrected chi connectivity index (χ0v) is 18.6. The summed E-state index contributed by atoms with van der Waals surface area (Å²) in [5.74, 6) is 1.33. The number of nitrogens with zero attached hydrogens (tertiary/aromatic N) is 1. The summed E-state index contributed by atoms with van der Waals surface area (Å²) < 4.78 is 5.58. The first-order chi connectivity index (χ1) is 12.1. The van der Waals surface area contributed by atoms with Gasteiger partial charge in [0.1, 0.15) is 0 Å². The third-order valence-corrected chi connectivity index (χ3v) is 3.59. The number of guanidine groups is 1. The molecule has 0 atom stereocenters. The molecule has 0 heterocycles. The number of aliphatic imine (C=N–C) groups is 1. The molecule has 1 rings (SSSR count). The van der Waals surface area contributed by atoms with E-state index in [-0.39, 0.29) is 29.9 Å². The van der Waals surface area contributed by atoms with E-state index in [0.717, 1.165) is 24.6 Å². The Morgan fingerprint density at radius 1 is 1.19 bits per heavy atom. The van der Waals surface area contributed by atoms with Gasteiger partial charge in [-0.3, -0.25) is 9.79 Å². The van der Waals surface area contributed by atoms with Crippen LogP contribution in [0.1, 0.15) is 43.1 Å². The average Bonchev–Trinajstić information content (AvgIpc) is 2.60. The first-order valence-electron chi connectivity index (χ1n) is 8.96. The Balaban J connectivity index is 0.00000625. The quantitative estimate of drug-likeness (QED) is 0.210. The van der Waals surface area contributed by atoms with Gasteiger partial charge >= 0.3 is 0 Å². The molecule has 0 unspecified atom stereocenters. The van der Waals surface area contributed by atoms with Crippen LogP contribution in [0.4, 0.5) is 0 Å². The molecule has 0 aliphatic rings. The zero-order valence-electron chi connectivity index (χ0n) is 16.3. The van der Waals surface area contributed by atoms with Crippen LogP contribution >= 0.6 is 24.0 Å². The third-order valence-electron chi connectivity index (χ3n) is 3.59. The van der Waals surface area contributed by atoms with Crippen LogP contribution < -0.4 is 16.0 Å². The number of carbonyl (C=O) groups excluding carboxylic acids is 1. The van der Waals surface area contributed by atoms with E-state index in [9.17, 15) is 4.79 Å². The lowest BCUT2D eigenvalue weighted by atomic mass is 10.1. The summed E-state index contributed by atoms with van der Waals surface area (Å²) in [6.45, 7) is 9.65. The predicted molar refractivity (Wildman–Crippen MR) is 118 cm³/mol. The largest absolute Gasteiger partial charge is 0.380 e. The molecule has 1 amide bonds. The van der Waals surface area contributed by atoms with E-state index in [1.807, 2.05) is 31.2 Å². The highest BCUT2D eigenvalue weighted by atomic mass is 127. The van der Waals surface area contributed by atoms with E-state index in [4.69, 9.17) is 4.74 Å². The summed E-state index contributed by atoms with van der Waals surface area (Å²) in [6.07, 6.45) is 1.08. The number of amides is 1. The number of hydrogen-bond donors (Lipinski definition) is 3. The zero-order chi connectivity index (χ0) is 18.5. The highest BCUT2D eigenvalue weighted by molar-refractivity contribution is 14.0. The number of nitrogens with one attached hydrogen (secondary N) is 3. The molecule has 148 valence electrons. The van der Waals surface area contributed by atoms with Crippen molar-refractivity contribution in [2.24, 2.45) is 10.9 Å². The number of ether oxygens (including phenoxy) is 1. The van der Waals surface area contributed by atoms with Crippen molar-refractivity contribution in [2.75, 3.05) is 33.4 Å². The fourth-order valence-electron chi connectivity index (χ4n) is 2.15. The van der Waals surface area contributed by atoms with E-state index in [2.05, 4.69) is 34.8 Å². The molecular formula is C19H33IN4O2. The summed E-state index contributed by atoms with van der Waals surface area (Å²) in [6, 6.07) is 7.58. The van der Waals surface area contributed by atoms with E-state index in [1.54, 1.807) is 7.05 Å². The normalized spacial score (nSPS) is 11.0. The van der Waals surface area contributed by atoms with Crippen molar-refractivity contribution < 1.29 is 9.53 Å². The van der Waals surface area contributed by atoms with E-state index >= 15 is 0 Å². The molecule has 0 aliphatic heterocycles. The standard InChI is InChI=1S/C19H32N4O2.HI/c1-5-21-18(24)17-8-6-7-16(13-17)14-23-19(20-4)22-10-12-25-11-9-15(2)3;/h6-8,13,15H,5,9-12,14H2,1-4H3,(H,21,24)(H2,20,22,23);1H. The molecule has 0 radical (unpaired) electrons. The molecule has 0 spiro atoms. The lowest BCUT2D eigenvalue weighted by molar-refractivity contribution is 0.0955. The maximum atomic E-state index is 11.9. The Bertz CT molecular complexity index is 550. The summed E-state index contributed by atoms with van der Waals surface area (Å²) in [7, 11) is 1.74. The highest BCUT2D eigenvalue weighted by Gasteiger charge is 2.05. The van der Waals surface area contributed by atoms with Crippen molar-refractivity contribution in [1.82, 2.24) is 16.0 Å². The fraction of sp³-hybridized carbons (Fsp3) is 0.579. The maximum absolute atomic E-state index is 11.9. The van der Waals surface area contributed by atoms with Crippen LogP contribution in [0.2, 0.25) is 0 Å². The van der Waals surface area contributed by atoms with Crippen LogP contribution in [0, 0.1) is 5.92 Å². The molecular weight excluding hydrogens is 443 g/mol. The van der Waals surface area contributed by atoms with Crippen LogP contribution in [-0.4, -0.2) is 45.2 Å². The second-order valence-corrected chi connectivity index (χ2v) is 6.21. The molecule has 1 aromatic rings. The monoisotopic (exact) mass is 476 g/mol. The molecule has 7 heteroatoms. The maximum Gasteiger partial charge on any atom is 0.251 e. The lowest BCUT2D eigenvalue weighted by Crippen LogP contribution is -2.38. The van der Waals surface area contributed by atoms with Gasteiger partial charge in [0.15, 0.2) is 5.96 Å². The Morgan fingerprint density at radius 3 is 2.62 bits per heavy atom. The number of halogens is 1. The van der Waals surface area contributed by atoms with Crippen LogP contribution in [0.15, 0.2) is 29.3 Å². The van der Waals surface area contributed by atoms with E-state index < -0.39 is 0 Å². The molecule has 0 saturated heterocycles. The summed E-state index contributed by atoms with van der Waals surface area (Å²) >= 11 is 0. The fourth-order valence-corrected chi connectivity index (χ4v) is 2.15. The molecule has 0 fully saturated rings. The van der Waals surface area contributed by atoms with Gasteiger partial charge in [-0.05, 0) is 37.0 Å². The highest BCUT2D eigenvalue weighted by Crippen LogP contribution is 2.05. The lowest BCUT2D eigenvalue weighted by Gasteiger charge is -2.13. The first-order valence-corrected chi connectivity index (χ1v) is 8.96. The van der Waals surface area contributed by atoms with Crippen LogP contribution in [0.5, 0.6) is 0 Å².